The lowest BCUT2D eigenvalue weighted by Gasteiger charge is -2.33. The Labute approximate surface area is 149 Å². The minimum atomic E-state index is -0.0802. The summed E-state index contributed by atoms with van der Waals surface area (Å²) in [5.74, 6) is 1.34. The predicted molar refractivity (Wildman–Crippen MR) is 95.2 cm³/mol. The average Bonchev–Trinajstić information content (AvgIpc) is 3.18. The summed E-state index contributed by atoms with van der Waals surface area (Å²) in [6, 6.07) is 1.95. The standard InChI is InChI=1S/C19H28N4O2/c1-6-23-14(9-10-20-23)12-22(5)18(24)17-15-11-13(19(2,3)4)7-8-16(15)25-21-17/h9-10,13H,6-8,11-12H2,1-5H3. The fourth-order valence-electron chi connectivity index (χ4n) is 3.59. The molecule has 0 aromatic carbocycles. The van der Waals surface area contributed by atoms with Crippen molar-refractivity contribution in [3.05, 3.63) is 35.0 Å². The van der Waals surface area contributed by atoms with E-state index in [1.165, 1.54) is 0 Å². The summed E-state index contributed by atoms with van der Waals surface area (Å²) in [5, 5.41) is 8.38. The van der Waals surface area contributed by atoms with Gasteiger partial charge in [-0.05, 0) is 37.2 Å². The molecule has 2 aromatic heterocycles. The van der Waals surface area contributed by atoms with Crippen molar-refractivity contribution >= 4 is 5.91 Å². The summed E-state index contributed by atoms with van der Waals surface area (Å²) in [7, 11) is 1.81. The van der Waals surface area contributed by atoms with E-state index in [4.69, 9.17) is 4.52 Å². The summed E-state index contributed by atoms with van der Waals surface area (Å²) < 4.78 is 7.38. The second kappa shape index (κ2) is 6.65. The van der Waals surface area contributed by atoms with Gasteiger partial charge in [0.1, 0.15) is 5.76 Å². The Morgan fingerprint density at radius 1 is 1.44 bits per heavy atom. The molecule has 6 heteroatoms. The first-order valence-electron chi connectivity index (χ1n) is 9.04. The molecule has 3 rings (SSSR count). The highest BCUT2D eigenvalue weighted by Crippen LogP contribution is 2.38. The molecule has 0 fully saturated rings. The van der Waals surface area contributed by atoms with E-state index in [9.17, 15) is 4.79 Å². The third-order valence-corrected chi connectivity index (χ3v) is 5.32. The molecule has 0 aliphatic heterocycles. The summed E-state index contributed by atoms with van der Waals surface area (Å²) in [4.78, 5) is 14.6. The Morgan fingerprint density at radius 2 is 2.20 bits per heavy atom. The zero-order valence-corrected chi connectivity index (χ0v) is 15.9. The molecule has 6 nitrogen and oxygen atoms in total. The number of aryl methyl sites for hydroxylation is 2. The molecule has 1 aliphatic carbocycles. The molecule has 25 heavy (non-hydrogen) atoms. The van der Waals surface area contributed by atoms with Gasteiger partial charge in [-0.1, -0.05) is 25.9 Å². The Hall–Kier alpha value is -2.11. The first-order chi connectivity index (χ1) is 11.8. The van der Waals surface area contributed by atoms with Crippen LogP contribution in [0.4, 0.5) is 0 Å². The Morgan fingerprint density at radius 3 is 2.88 bits per heavy atom. The first kappa shape index (κ1) is 17.7. The summed E-state index contributed by atoms with van der Waals surface area (Å²) >= 11 is 0. The van der Waals surface area contributed by atoms with E-state index >= 15 is 0 Å². The van der Waals surface area contributed by atoms with Gasteiger partial charge in [-0.3, -0.25) is 9.48 Å². The molecule has 0 saturated carbocycles. The van der Waals surface area contributed by atoms with Gasteiger partial charge in [0, 0.05) is 31.8 Å². The third-order valence-electron chi connectivity index (χ3n) is 5.32. The SMILES string of the molecule is CCn1nccc1CN(C)C(=O)c1noc2c1CC(C(C)(C)C)CC2. The predicted octanol–water partition coefficient (Wildman–Crippen LogP) is 3.31. The van der Waals surface area contributed by atoms with E-state index < -0.39 is 0 Å². The second-order valence-electron chi connectivity index (χ2n) is 8.04. The molecule has 2 heterocycles. The number of aromatic nitrogens is 3. The number of fused-ring (bicyclic) bond motifs is 1. The van der Waals surface area contributed by atoms with Crippen molar-refractivity contribution in [2.75, 3.05) is 7.05 Å². The molecular formula is C19H28N4O2. The van der Waals surface area contributed by atoms with Crippen LogP contribution in [0.1, 0.15) is 61.6 Å². The molecule has 136 valence electrons. The largest absolute Gasteiger partial charge is 0.360 e. The Kier molecular flexibility index (Phi) is 4.71. The molecule has 0 N–H and O–H groups in total. The number of hydrogen-bond donors (Lipinski definition) is 0. The number of rotatable bonds is 4. The van der Waals surface area contributed by atoms with Gasteiger partial charge in [-0.15, -0.1) is 0 Å². The van der Waals surface area contributed by atoms with Gasteiger partial charge in [0.15, 0.2) is 5.69 Å². The van der Waals surface area contributed by atoms with Gasteiger partial charge in [0.05, 0.1) is 12.2 Å². The van der Waals surface area contributed by atoms with Crippen molar-refractivity contribution in [2.24, 2.45) is 11.3 Å². The van der Waals surface area contributed by atoms with Gasteiger partial charge in [-0.2, -0.15) is 5.10 Å². The average molecular weight is 344 g/mol. The van der Waals surface area contributed by atoms with Crippen LogP contribution in [0.5, 0.6) is 0 Å². The molecule has 0 radical (unpaired) electrons. The molecule has 1 amide bonds. The maximum Gasteiger partial charge on any atom is 0.276 e. The Balaban J connectivity index is 1.79. The number of nitrogens with zero attached hydrogens (tertiary/aromatic N) is 4. The molecule has 0 saturated heterocycles. The topological polar surface area (TPSA) is 64.2 Å². The molecule has 1 atom stereocenters. The highest BCUT2D eigenvalue weighted by Gasteiger charge is 2.34. The van der Waals surface area contributed by atoms with E-state index in [1.54, 1.807) is 18.1 Å². The first-order valence-corrected chi connectivity index (χ1v) is 9.04. The van der Waals surface area contributed by atoms with Crippen LogP contribution in [-0.4, -0.2) is 32.8 Å². The van der Waals surface area contributed by atoms with E-state index in [1.807, 2.05) is 17.7 Å². The number of carbonyl (C=O) groups is 1. The van der Waals surface area contributed by atoms with Gasteiger partial charge < -0.3 is 9.42 Å². The second-order valence-corrected chi connectivity index (χ2v) is 8.04. The quantitative estimate of drug-likeness (QED) is 0.853. The summed E-state index contributed by atoms with van der Waals surface area (Å²) in [5.41, 5.74) is 2.72. The minimum absolute atomic E-state index is 0.0802. The van der Waals surface area contributed by atoms with Crippen LogP contribution in [0.2, 0.25) is 0 Å². The monoisotopic (exact) mass is 344 g/mol. The fourth-order valence-corrected chi connectivity index (χ4v) is 3.59. The van der Waals surface area contributed by atoms with Gasteiger partial charge >= 0.3 is 0 Å². The summed E-state index contributed by atoms with van der Waals surface area (Å²) in [6.07, 6.45) is 4.59. The van der Waals surface area contributed by atoms with Crippen LogP contribution in [-0.2, 0) is 25.9 Å². The van der Waals surface area contributed by atoms with Crippen molar-refractivity contribution in [3.63, 3.8) is 0 Å². The van der Waals surface area contributed by atoms with E-state index in [0.29, 0.717) is 18.2 Å². The van der Waals surface area contributed by atoms with E-state index in [-0.39, 0.29) is 11.3 Å². The van der Waals surface area contributed by atoms with Crippen molar-refractivity contribution in [1.82, 2.24) is 19.8 Å². The lowest BCUT2D eigenvalue weighted by molar-refractivity contribution is 0.0769. The van der Waals surface area contributed by atoms with Crippen LogP contribution in [0.25, 0.3) is 0 Å². The van der Waals surface area contributed by atoms with Gasteiger partial charge in [0.2, 0.25) is 0 Å². The number of hydrogen-bond acceptors (Lipinski definition) is 4. The van der Waals surface area contributed by atoms with E-state index in [2.05, 4.69) is 31.0 Å². The van der Waals surface area contributed by atoms with Crippen LogP contribution in [0, 0.1) is 11.3 Å². The zero-order chi connectivity index (χ0) is 18.2. The third kappa shape index (κ3) is 3.48. The van der Waals surface area contributed by atoms with Crippen LogP contribution >= 0.6 is 0 Å². The van der Waals surface area contributed by atoms with Crippen LogP contribution in [0.15, 0.2) is 16.8 Å². The maximum absolute atomic E-state index is 12.9. The highest BCUT2D eigenvalue weighted by molar-refractivity contribution is 5.93. The molecule has 1 unspecified atom stereocenters. The number of carbonyl (C=O) groups excluding carboxylic acids is 1. The normalized spacial score (nSPS) is 17.4. The molecule has 1 aliphatic rings. The summed E-state index contributed by atoms with van der Waals surface area (Å²) in [6.45, 7) is 10.1. The molecule has 0 bridgehead atoms. The molecular weight excluding hydrogens is 316 g/mol. The van der Waals surface area contributed by atoms with Crippen molar-refractivity contribution in [1.29, 1.82) is 0 Å². The molecule has 2 aromatic rings. The van der Waals surface area contributed by atoms with Crippen molar-refractivity contribution in [2.45, 2.75) is 60.0 Å². The number of amides is 1. The van der Waals surface area contributed by atoms with E-state index in [0.717, 1.165) is 42.8 Å². The van der Waals surface area contributed by atoms with Crippen molar-refractivity contribution < 1.29 is 9.32 Å². The zero-order valence-electron chi connectivity index (χ0n) is 15.9. The lowest BCUT2D eigenvalue weighted by atomic mass is 9.71. The van der Waals surface area contributed by atoms with Crippen LogP contribution < -0.4 is 0 Å². The maximum atomic E-state index is 12.9. The smallest absolute Gasteiger partial charge is 0.276 e. The Bertz CT molecular complexity index is 754. The van der Waals surface area contributed by atoms with Crippen LogP contribution in [0.3, 0.4) is 0 Å². The minimum Gasteiger partial charge on any atom is -0.360 e. The fraction of sp³-hybridized carbons (Fsp3) is 0.632. The highest BCUT2D eigenvalue weighted by atomic mass is 16.5. The molecule has 0 spiro atoms. The van der Waals surface area contributed by atoms with Gasteiger partial charge in [0.25, 0.3) is 5.91 Å². The lowest BCUT2D eigenvalue weighted by Crippen LogP contribution is -2.31. The van der Waals surface area contributed by atoms with Gasteiger partial charge in [-0.25, -0.2) is 0 Å². The van der Waals surface area contributed by atoms with Crippen molar-refractivity contribution in [3.8, 4) is 0 Å².